The van der Waals surface area contributed by atoms with Gasteiger partial charge in [-0.2, -0.15) is 0 Å². The standard InChI is InChI=1S/C29H33FN4O6S/c1-4-21(3)31-29(36)27(5-2)32(19-22-11-13-23(30)14-12-22)28(35)20-33(24-15-17-25(18-16-24)34(37)38)41(39,40)26-9-7-6-8-10-26/h6-18,21,27H,4-5,19-20H2,1-3H3,(H,31,36). The van der Waals surface area contributed by atoms with E-state index in [-0.39, 0.29) is 35.3 Å². The molecule has 2 atom stereocenters. The second-order valence-electron chi connectivity index (χ2n) is 9.49. The van der Waals surface area contributed by atoms with Gasteiger partial charge in [-0.05, 0) is 61.7 Å². The van der Waals surface area contributed by atoms with E-state index in [1.807, 2.05) is 13.8 Å². The van der Waals surface area contributed by atoms with Crippen LogP contribution in [0.25, 0.3) is 0 Å². The second kappa shape index (κ2) is 13.8. The third-order valence-corrected chi connectivity index (χ3v) is 8.40. The average molecular weight is 585 g/mol. The summed E-state index contributed by atoms with van der Waals surface area (Å²) in [5.41, 5.74) is 0.330. The van der Waals surface area contributed by atoms with E-state index in [1.165, 1.54) is 65.6 Å². The van der Waals surface area contributed by atoms with Crippen LogP contribution in [0.15, 0.2) is 83.8 Å². The molecule has 41 heavy (non-hydrogen) atoms. The fourth-order valence-electron chi connectivity index (χ4n) is 4.14. The Morgan fingerprint density at radius 1 is 0.951 bits per heavy atom. The minimum atomic E-state index is -4.30. The monoisotopic (exact) mass is 584 g/mol. The van der Waals surface area contributed by atoms with E-state index in [4.69, 9.17) is 0 Å². The number of nitrogens with one attached hydrogen (secondary N) is 1. The quantitative estimate of drug-likeness (QED) is 0.230. The Labute approximate surface area is 239 Å². The van der Waals surface area contributed by atoms with Gasteiger partial charge in [0.1, 0.15) is 18.4 Å². The molecule has 0 spiro atoms. The van der Waals surface area contributed by atoms with Gasteiger partial charge in [0.05, 0.1) is 15.5 Å². The SMILES string of the molecule is CCC(C)NC(=O)C(CC)N(Cc1ccc(F)cc1)C(=O)CN(c1ccc([N+](=O)[O-])cc1)S(=O)(=O)c1ccccc1. The van der Waals surface area contributed by atoms with Crippen molar-refractivity contribution in [2.24, 2.45) is 0 Å². The topological polar surface area (TPSA) is 130 Å². The van der Waals surface area contributed by atoms with Crippen LogP contribution in [0.4, 0.5) is 15.8 Å². The first-order valence-electron chi connectivity index (χ1n) is 13.1. The molecule has 0 radical (unpaired) electrons. The molecule has 0 aromatic heterocycles. The van der Waals surface area contributed by atoms with Crippen molar-refractivity contribution in [1.82, 2.24) is 10.2 Å². The molecule has 3 aromatic carbocycles. The van der Waals surface area contributed by atoms with Crippen molar-refractivity contribution in [3.8, 4) is 0 Å². The molecule has 2 unspecified atom stereocenters. The number of non-ortho nitro benzene ring substituents is 1. The van der Waals surface area contributed by atoms with Crippen molar-refractivity contribution < 1.29 is 27.3 Å². The van der Waals surface area contributed by atoms with Crippen molar-refractivity contribution in [1.29, 1.82) is 0 Å². The summed E-state index contributed by atoms with van der Waals surface area (Å²) in [6.07, 6.45) is 0.898. The Balaban J connectivity index is 2.06. The smallest absolute Gasteiger partial charge is 0.269 e. The van der Waals surface area contributed by atoms with Gasteiger partial charge in [0, 0.05) is 24.7 Å². The lowest BCUT2D eigenvalue weighted by Crippen LogP contribution is -2.53. The maximum absolute atomic E-state index is 14.0. The highest BCUT2D eigenvalue weighted by Crippen LogP contribution is 2.26. The van der Waals surface area contributed by atoms with Crippen LogP contribution in [0.2, 0.25) is 0 Å². The number of carbonyl (C=O) groups is 2. The molecule has 10 nitrogen and oxygen atoms in total. The number of anilines is 1. The molecular weight excluding hydrogens is 551 g/mol. The molecule has 0 aliphatic heterocycles. The van der Waals surface area contributed by atoms with Gasteiger partial charge in [-0.25, -0.2) is 12.8 Å². The summed E-state index contributed by atoms with van der Waals surface area (Å²) in [5.74, 6) is -1.55. The lowest BCUT2D eigenvalue weighted by atomic mass is 10.1. The summed E-state index contributed by atoms with van der Waals surface area (Å²) < 4.78 is 42.0. The highest BCUT2D eigenvalue weighted by atomic mass is 32.2. The van der Waals surface area contributed by atoms with Crippen LogP contribution >= 0.6 is 0 Å². The van der Waals surface area contributed by atoms with E-state index < -0.39 is 45.2 Å². The van der Waals surface area contributed by atoms with E-state index in [2.05, 4.69) is 5.32 Å². The Bertz CT molecular complexity index is 1450. The van der Waals surface area contributed by atoms with Crippen LogP contribution in [0.1, 0.15) is 39.2 Å². The van der Waals surface area contributed by atoms with Gasteiger partial charge in [0.2, 0.25) is 11.8 Å². The Kier molecular flexibility index (Phi) is 10.5. The lowest BCUT2D eigenvalue weighted by molar-refractivity contribution is -0.384. The van der Waals surface area contributed by atoms with E-state index in [0.29, 0.717) is 12.0 Å². The molecule has 0 saturated heterocycles. The number of carbonyl (C=O) groups excluding carboxylic acids is 2. The minimum Gasteiger partial charge on any atom is -0.352 e. The number of rotatable bonds is 13. The van der Waals surface area contributed by atoms with Crippen molar-refractivity contribution in [2.45, 2.75) is 57.1 Å². The molecule has 2 amide bonds. The zero-order chi connectivity index (χ0) is 30.2. The average Bonchev–Trinajstić information content (AvgIpc) is 2.97. The van der Waals surface area contributed by atoms with Crippen molar-refractivity contribution >= 4 is 33.2 Å². The molecular formula is C29H33FN4O6S. The van der Waals surface area contributed by atoms with Gasteiger partial charge in [0.25, 0.3) is 15.7 Å². The van der Waals surface area contributed by atoms with E-state index in [1.54, 1.807) is 13.0 Å². The lowest BCUT2D eigenvalue weighted by Gasteiger charge is -2.33. The second-order valence-corrected chi connectivity index (χ2v) is 11.4. The predicted octanol–water partition coefficient (Wildman–Crippen LogP) is 4.65. The summed E-state index contributed by atoms with van der Waals surface area (Å²) >= 11 is 0. The Hall–Kier alpha value is -4.32. The molecule has 0 heterocycles. The van der Waals surface area contributed by atoms with Crippen LogP contribution in [0.5, 0.6) is 0 Å². The largest absolute Gasteiger partial charge is 0.352 e. The van der Waals surface area contributed by atoms with Gasteiger partial charge in [-0.1, -0.05) is 44.2 Å². The molecule has 218 valence electrons. The van der Waals surface area contributed by atoms with Crippen LogP contribution in [0, 0.1) is 15.9 Å². The molecule has 3 aromatic rings. The molecule has 3 rings (SSSR count). The number of nitrogens with zero attached hydrogens (tertiary/aromatic N) is 3. The molecule has 0 fully saturated rings. The van der Waals surface area contributed by atoms with Crippen molar-refractivity contribution in [3.63, 3.8) is 0 Å². The first-order valence-corrected chi connectivity index (χ1v) is 14.6. The van der Waals surface area contributed by atoms with Gasteiger partial charge in [0.15, 0.2) is 0 Å². The van der Waals surface area contributed by atoms with Crippen molar-refractivity contribution in [3.05, 3.63) is 100 Å². The van der Waals surface area contributed by atoms with Gasteiger partial charge < -0.3 is 10.2 Å². The minimum absolute atomic E-state index is 0.0339. The van der Waals surface area contributed by atoms with Crippen molar-refractivity contribution in [2.75, 3.05) is 10.8 Å². The number of sulfonamides is 1. The summed E-state index contributed by atoms with van der Waals surface area (Å²) in [6.45, 7) is 4.71. The fraction of sp³-hybridized carbons (Fsp3) is 0.310. The first-order chi connectivity index (χ1) is 19.5. The van der Waals surface area contributed by atoms with Gasteiger partial charge in [-0.15, -0.1) is 0 Å². The van der Waals surface area contributed by atoms with E-state index in [0.717, 1.165) is 16.4 Å². The maximum Gasteiger partial charge on any atom is 0.269 e. The zero-order valence-corrected chi connectivity index (χ0v) is 23.9. The molecule has 0 aliphatic carbocycles. The Morgan fingerprint density at radius 3 is 2.10 bits per heavy atom. The number of halogens is 1. The van der Waals surface area contributed by atoms with Gasteiger partial charge >= 0.3 is 0 Å². The van der Waals surface area contributed by atoms with Crippen LogP contribution in [-0.2, 0) is 26.2 Å². The normalized spacial score (nSPS) is 12.7. The highest BCUT2D eigenvalue weighted by Gasteiger charge is 2.34. The van der Waals surface area contributed by atoms with Crippen LogP contribution in [0.3, 0.4) is 0 Å². The summed E-state index contributed by atoms with van der Waals surface area (Å²) in [4.78, 5) is 39.0. The number of hydrogen-bond acceptors (Lipinski definition) is 6. The van der Waals surface area contributed by atoms with Crippen LogP contribution in [-0.4, -0.2) is 48.7 Å². The first kappa shape index (κ1) is 31.2. The number of amides is 2. The predicted molar refractivity (Wildman–Crippen MR) is 153 cm³/mol. The molecule has 12 heteroatoms. The molecule has 0 aliphatic rings. The fourth-order valence-corrected chi connectivity index (χ4v) is 5.57. The summed E-state index contributed by atoms with van der Waals surface area (Å²) in [5, 5.41) is 14.1. The molecule has 0 saturated carbocycles. The third kappa shape index (κ3) is 7.88. The number of benzene rings is 3. The van der Waals surface area contributed by atoms with E-state index >= 15 is 0 Å². The third-order valence-electron chi connectivity index (χ3n) is 6.61. The maximum atomic E-state index is 14.0. The summed E-state index contributed by atoms with van der Waals surface area (Å²) in [6, 6.07) is 16.6. The number of nitro groups is 1. The zero-order valence-electron chi connectivity index (χ0n) is 23.1. The summed E-state index contributed by atoms with van der Waals surface area (Å²) in [7, 11) is -4.30. The van der Waals surface area contributed by atoms with Gasteiger partial charge in [-0.3, -0.25) is 24.0 Å². The Morgan fingerprint density at radius 2 is 1.56 bits per heavy atom. The van der Waals surface area contributed by atoms with E-state index in [9.17, 15) is 32.5 Å². The van der Waals surface area contributed by atoms with Crippen LogP contribution < -0.4 is 9.62 Å². The molecule has 1 N–H and O–H groups in total. The molecule has 0 bridgehead atoms. The highest BCUT2D eigenvalue weighted by molar-refractivity contribution is 7.92. The number of nitro benzene ring substituents is 1. The number of hydrogen-bond donors (Lipinski definition) is 1.